The Labute approximate surface area is 128 Å². The third kappa shape index (κ3) is 3.42. The molecular weight excluding hydrogens is 282 g/mol. The first-order chi connectivity index (χ1) is 10.3. The van der Waals surface area contributed by atoms with Crippen molar-refractivity contribution in [3.63, 3.8) is 0 Å². The highest BCUT2D eigenvalue weighted by Crippen LogP contribution is 2.32. The van der Waals surface area contributed by atoms with Crippen molar-refractivity contribution in [1.82, 2.24) is 15.2 Å². The van der Waals surface area contributed by atoms with E-state index in [2.05, 4.69) is 27.1 Å². The molecule has 2 aromatic rings. The van der Waals surface area contributed by atoms with E-state index >= 15 is 0 Å². The van der Waals surface area contributed by atoms with Crippen LogP contribution >= 0.6 is 11.3 Å². The molecule has 1 N–H and O–H groups in total. The highest BCUT2D eigenvalue weighted by Gasteiger charge is 2.29. The molecule has 0 aliphatic carbocycles. The Kier molecular flexibility index (Phi) is 4.50. The Balaban J connectivity index is 1.53. The molecule has 1 fully saturated rings. The summed E-state index contributed by atoms with van der Waals surface area (Å²) in [4.78, 5) is 18.6. The summed E-state index contributed by atoms with van der Waals surface area (Å²) in [6.45, 7) is 1.47. The third-order valence-electron chi connectivity index (χ3n) is 3.83. The van der Waals surface area contributed by atoms with E-state index in [-0.39, 0.29) is 12.1 Å². The van der Waals surface area contributed by atoms with Gasteiger partial charge in [-0.3, -0.25) is 4.98 Å². The molecule has 1 aliphatic heterocycles. The highest BCUT2D eigenvalue weighted by molar-refractivity contribution is 7.07. The van der Waals surface area contributed by atoms with Crippen LogP contribution in [0.3, 0.4) is 0 Å². The predicted molar refractivity (Wildman–Crippen MR) is 84.3 cm³/mol. The van der Waals surface area contributed by atoms with Gasteiger partial charge in [0.1, 0.15) is 0 Å². The molecule has 2 amide bonds. The first kappa shape index (κ1) is 14.1. The number of urea groups is 1. The zero-order chi connectivity index (χ0) is 14.5. The maximum Gasteiger partial charge on any atom is 0.317 e. The second-order valence-corrected chi connectivity index (χ2v) is 5.99. The fourth-order valence-corrected chi connectivity index (χ4v) is 3.47. The van der Waals surface area contributed by atoms with Crippen molar-refractivity contribution in [2.24, 2.45) is 0 Å². The van der Waals surface area contributed by atoms with E-state index in [0.717, 1.165) is 31.5 Å². The largest absolute Gasteiger partial charge is 0.338 e. The molecule has 0 saturated carbocycles. The van der Waals surface area contributed by atoms with E-state index < -0.39 is 0 Å². The van der Waals surface area contributed by atoms with Crippen molar-refractivity contribution >= 4 is 17.4 Å². The van der Waals surface area contributed by atoms with Crippen molar-refractivity contribution in [3.8, 4) is 0 Å². The summed E-state index contributed by atoms with van der Waals surface area (Å²) in [5, 5.41) is 7.23. The molecule has 1 atom stereocenters. The lowest BCUT2D eigenvalue weighted by molar-refractivity contribution is 0.193. The number of thiophene rings is 1. The lowest BCUT2D eigenvalue weighted by Gasteiger charge is -2.24. The van der Waals surface area contributed by atoms with Crippen LogP contribution in [0.15, 0.2) is 41.2 Å². The topological polar surface area (TPSA) is 45.2 Å². The molecule has 0 spiro atoms. The Morgan fingerprint density at radius 2 is 2.38 bits per heavy atom. The number of carbonyl (C=O) groups is 1. The minimum Gasteiger partial charge on any atom is -0.338 e. The highest BCUT2D eigenvalue weighted by atomic mass is 32.1. The zero-order valence-corrected chi connectivity index (χ0v) is 12.7. The number of likely N-dealkylation sites (tertiary alicyclic amines) is 1. The van der Waals surface area contributed by atoms with E-state index in [9.17, 15) is 4.79 Å². The molecule has 0 radical (unpaired) electrons. The Morgan fingerprint density at radius 3 is 3.14 bits per heavy atom. The number of hydrogen-bond donors (Lipinski definition) is 1. The van der Waals surface area contributed by atoms with E-state index in [4.69, 9.17) is 0 Å². The van der Waals surface area contributed by atoms with Gasteiger partial charge in [0.05, 0.1) is 6.04 Å². The smallest absolute Gasteiger partial charge is 0.317 e. The second-order valence-electron chi connectivity index (χ2n) is 5.21. The molecule has 0 unspecified atom stereocenters. The van der Waals surface area contributed by atoms with Crippen LogP contribution in [-0.4, -0.2) is 29.0 Å². The molecule has 110 valence electrons. The third-order valence-corrected chi connectivity index (χ3v) is 4.53. The first-order valence-corrected chi connectivity index (χ1v) is 8.25. The minimum absolute atomic E-state index is 0.0413. The number of nitrogens with one attached hydrogen (secondary N) is 1. The van der Waals surface area contributed by atoms with Crippen LogP contribution in [0.4, 0.5) is 4.79 Å². The second kappa shape index (κ2) is 6.72. The standard InChI is InChI=1S/C16H19N3OS/c20-16(18-9-6-14-4-1-2-8-17-14)19-10-3-5-15(19)13-7-11-21-12-13/h1-2,4,7-8,11-12,15H,3,5-6,9-10H2,(H,18,20)/t15-/m1/s1. The molecule has 0 bridgehead atoms. The maximum atomic E-state index is 12.3. The lowest BCUT2D eigenvalue weighted by atomic mass is 10.1. The van der Waals surface area contributed by atoms with E-state index in [1.165, 1.54) is 5.56 Å². The van der Waals surface area contributed by atoms with E-state index in [1.54, 1.807) is 17.5 Å². The summed E-state index contributed by atoms with van der Waals surface area (Å²) in [6, 6.07) is 8.26. The van der Waals surface area contributed by atoms with Gasteiger partial charge in [0.25, 0.3) is 0 Å². The lowest BCUT2D eigenvalue weighted by Crippen LogP contribution is -2.40. The van der Waals surface area contributed by atoms with Crippen molar-refractivity contribution in [2.45, 2.75) is 25.3 Å². The van der Waals surface area contributed by atoms with Crippen LogP contribution in [-0.2, 0) is 6.42 Å². The van der Waals surface area contributed by atoms with Crippen LogP contribution < -0.4 is 5.32 Å². The first-order valence-electron chi connectivity index (χ1n) is 7.31. The molecule has 1 aliphatic rings. The summed E-state index contributed by atoms with van der Waals surface area (Å²) in [7, 11) is 0. The normalized spacial score (nSPS) is 17.9. The Morgan fingerprint density at radius 1 is 1.43 bits per heavy atom. The Hall–Kier alpha value is -1.88. The molecule has 1 saturated heterocycles. The van der Waals surface area contributed by atoms with Gasteiger partial charge in [0, 0.05) is 31.4 Å². The van der Waals surface area contributed by atoms with Gasteiger partial charge in [-0.05, 0) is 47.4 Å². The van der Waals surface area contributed by atoms with Gasteiger partial charge in [-0.1, -0.05) is 6.07 Å². The number of pyridine rings is 1. The van der Waals surface area contributed by atoms with Crippen molar-refractivity contribution in [2.75, 3.05) is 13.1 Å². The van der Waals surface area contributed by atoms with Gasteiger partial charge in [-0.15, -0.1) is 0 Å². The number of aromatic nitrogens is 1. The van der Waals surface area contributed by atoms with Gasteiger partial charge >= 0.3 is 6.03 Å². The number of amides is 2. The quantitative estimate of drug-likeness (QED) is 0.942. The maximum absolute atomic E-state index is 12.3. The van der Waals surface area contributed by atoms with E-state index in [1.807, 2.05) is 23.1 Å². The van der Waals surface area contributed by atoms with Gasteiger partial charge in [-0.2, -0.15) is 11.3 Å². The summed E-state index contributed by atoms with van der Waals surface area (Å²) in [5.74, 6) is 0. The molecule has 4 nitrogen and oxygen atoms in total. The number of hydrogen-bond acceptors (Lipinski definition) is 3. The molecule has 3 heterocycles. The summed E-state index contributed by atoms with van der Waals surface area (Å²) in [6.07, 6.45) is 4.69. The Bertz CT molecular complexity index is 570. The molecular formula is C16H19N3OS. The minimum atomic E-state index is 0.0413. The summed E-state index contributed by atoms with van der Waals surface area (Å²) < 4.78 is 0. The average Bonchev–Trinajstić information content (AvgIpc) is 3.19. The molecule has 0 aromatic carbocycles. The van der Waals surface area contributed by atoms with Crippen LogP contribution in [0, 0.1) is 0 Å². The summed E-state index contributed by atoms with van der Waals surface area (Å²) in [5.41, 5.74) is 2.27. The van der Waals surface area contributed by atoms with Gasteiger partial charge in [0.15, 0.2) is 0 Å². The van der Waals surface area contributed by atoms with Crippen LogP contribution in [0.5, 0.6) is 0 Å². The van der Waals surface area contributed by atoms with Gasteiger partial charge < -0.3 is 10.2 Å². The number of nitrogens with zero attached hydrogens (tertiary/aromatic N) is 2. The fourth-order valence-electron chi connectivity index (χ4n) is 2.77. The fraction of sp³-hybridized carbons (Fsp3) is 0.375. The van der Waals surface area contributed by atoms with Crippen LogP contribution in [0.1, 0.15) is 30.1 Å². The van der Waals surface area contributed by atoms with Crippen LogP contribution in [0.25, 0.3) is 0 Å². The molecule has 5 heteroatoms. The SMILES string of the molecule is O=C(NCCc1ccccn1)N1CCC[C@@H]1c1ccsc1. The predicted octanol–water partition coefficient (Wildman–Crippen LogP) is 3.23. The van der Waals surface area contributed by atoms with Gasteiger partial charge in [-0.25, -0.2) is 4.79 Å². The average molecular weight is 301 g/mol. The number of rotatable bonds is 4. The summed E-state index contributed by atoms with van der Waals surface area (Å²) >= 11 is 1.69. The van der Waals surface area contributed by atoms with E-state index in [0.29, 0.717) is 6.54 Å². The molecule has 21 heavy (non-hydrogen) atoms. The van der Waals surface area contributed by atoms with Crippen LogP contribution in [0.2, 0.25) is 0 Å². The van der Waals surface area contributed by atoms with Gasteiger partial charge in [0.2, 0.25) is 0 Å². The molecule has 2 aromatic heterocycles. The zero-order valence-electron chi connectivity index (χ0n) is 11.9. The monoisotopic (exact) mass is 301 g/mol. The van der Waals surface area contributed by atoms with Crippen molar-refractivity contribution < 1.29 is 4.79 Å². The molecule has 3 rings (SSSR count). The van der Waals surface area contributed by atoms with Crippen molar-refractivity contribution in [3.05, 3.63) is 52.5 Å². The number of carbonyl (C=O) groups excluding carboxylic acids is 1. The van der Waals surface area contributed by atoms with Crippen molar-refractivity contribution in [1.29, 1.82) is 0 Å².